The molecule has 156 valence electrons. The van der Waals surface area contributed by atoms with Crippen LogP contribution in [0.4, 0.5) is 5.69 Å². The van der Waals surface area contributed by atoms with Gasteiger partial charge in [-0.1, -0.05) is 0 Å². The molecule has 0 amide bonds. The molecule has 30 heavy (non-hydrogen) atoms. The summed E-state index contributed by atoms with van der Waals surface area (Å²) in [6.07, 6.45) is 3.41. The van der Waals surface area contributed by atoms with E-state index in [1.807, 2.05) is 43.8 Å². The highest BCUT2D eigenvalue weighted by Gasteiger charge is 2.19. The van der Waals surface area contributed by atoms with Crippen molar-refractivity contribution in [3.8, 4) is 17.1 Å². The van der Waals surface area contributed by atoms with E-state index in [2.05, 4.69) is 34.2 Å². The van der Waals surface area contributed by atoms with Crippen LogP contribution in [0.1, 0.15) is 38.3 Å². The molecule has 4 heterocycles. The third-order valence-corrected chi connectivity index (χ3v) is 4.72. The number of anilines is 1. The quantitative estimate of drug-likeness (QED) is 0.502. The van der Waals surface area contributed by atoms with Crippen LogP contribution in [0.15, 0.2) is 30.7 Å². The Morgan fingerprint density at radius 3 is 2.73 bits per heavy atom. The maximum absolute atomic E-state index is 5.73. The van der Waals surface area contributed by atoms with E-state index < -0.39 is 0 Å². The van der Waals surface area contributed by atoms with E-state index in [0.29, 0.717) is 24.9 Å². The number of hydrogen-bond donors (Lipinski definition) is 1. The Balaban J connectivity index is 1.86. The molecule has 1 N–H and O–H groups in total. The standard InChI is InChI=1S/C21H26N8O/c1-6-30-21-15(8-7-9-22-21)16-10-17(23-11-18-24-12-28(5)27-18)20-19(25-16)14(4)26-29(20)13(2)3/h7-10,12-13H,6,11H2,1-5H3,(H,23,25). The van der Waals surface area contributed by atoms with Crippen LogP contribution in [0.2, 0.25) is 0 Å². The van der Waals surface area contributed by atoms with Gasteiger partial charge in [-0.2, -0.15) is 10.2 Å². The molecule has 0 radical (unpaired) electrons. The first-order chi connectivity index (χ1) is 14.5. The van der Waals surface area contributed by atoms with Gasteiger partial charge in [0.05, 0.1) is 35.8 Å². The van der Waals surface area contributed by atoms with Crippen molar-refractivity contribution >= 4 is 16.7 Å². The number of nitrogens with one attached hydrogen (secondary N) is 1. The maximum atomic E-state index is 5.73. The van der Waals surface area contributed by atoms with Crippen LogP contribution in [-0.4, -0.2) is 41.1 Å². The van der Waals surface area contributed by atoms with Crippen molar-refractivity contribution in [3.63, 3.8) is 0 Å². The van der Waals surface area contributed by atoms with Crippen LogP contribution in [0.25, 0.3) is 22.3 Å². The predicted molar refractivity (Wildman–Crippen MR) is 115 cm³/mol. The van der Waals surface area contributed by atoms with Gasteiger partial charge in [0.25, 0.3) is 0 Å². The van der Waals surface area contributed by atoms with Crippen LogP contribution < -0.4 is 10.1 Å². The number of pyridine rings is 2. The monoisotopic (exact) mass is 406 g/mol. The third-order valence-electron chi connectivity index (χ3n) is 4.72. The zero-order valence-electron chi connectivity index (χ0n) is 17.9. The van der Waals surface area contributed by atoms with Crippen LogP contribution in [0, 0.1) is 6.92 Å². The lowest BCUT2D eigenvalue weighted by molar-refractivity contribution is 0.328. The van der Waals surface area contributed by atoms with Gasteiger partial charge >= 0.3 is 0 Å². The molecule has 0 fully saturated rings. The van der Waals surface area contributed by atoms with Crippen molar-refractivity contribution in [2.24, 2.45) is 7.05 Å². The van der Waals surface area contributed by atoms with Crippen LogP contribution >= 0.6 is 0 Å². The topological polar surface area (TPSA) is 95.6 Å². The number of aromatic nitrogens is 7. The second kappa shape index (κ2) is 8.10. The van der Waals surface area contributed by atoms with Crippen LogP contribution in [-0.2, 0) is 13.6 Å². The van der Waals surface area contributed by atoms with Gasteiger partial charge in [0.15, 0.2) is 5.82 Å². The van der Waals surface area contributed by atoms with Crippen molar-refractivity contribution in [2.75, 3.05) is 11.9 Å². The first kappa shape index (κ1) is 19.8. The Bertz CT molecular complexity index is 1180. The summed E-state index contributed by atoms with van der Waals surface area (Å²) in [5.74, 6) is 1.28. The SMILES string of the molecule is CCOc1ncccc1-c1cc(NCc2ncn(C)n2)c2c(n1)c(C)nn2C(C)C. The van der Waals surface area contributed by atoms with Gasteiger partial charge in [-0.15, -0.1) is 0 Å². The Morgan fingerprint density at radius 1 is 1.20 bits per heavy atom. The summed E-state index contributed by atoms with van der Waals surface area (Å²) in [5.41, 5.74) is 5.23. The lowest BCUT2D eigenvalue weighted by Crippen LogP contribution is -2.08. The molecule has 0 atom stereocenters. The van der Waals surface area contributed by atoms with Crippen molar-refractivity contribution < 1.29 is 4.74 Å². The molecule has 0 aromatic carbocycles. The highest BCUT2D eigenvalue weighted by atomic mass is 16.5. The van der Waals surface area contributed by atoms with Gasteiger partial charge in [-0.05, 0) is 45.9 Å². The normalized spacial score (nSPS) is 11.4. The van der Waals surface area contributed by atoms with Crippen LogP contribution in [0.3, 0.4) is 0 Å². The largest absolute Gasteiger partial charge is 0.477 e. The number of nitrogens with zero attached hydrogens (tertiary/aromatic N) is 7. The predicted octanol–water partition coefficient (Wildman–Crippen LogP) is 3.52. The molecule has 0 aliphatic rings. The molecule has 0 aliphatic heterocycles. The number of ether oxygens (including phenoxy) is 1. The molecule has 0 spiro atoms. The Hall–Kier alpha value is -3.49. The molecule has 0 saturated heterocycles. The molecular weight excluding hydrogens is 380 g/mol. The fourth-order valence-corrected chi connectivity index (χ4v) is 3.40. The minimum Gasteiger partial charge on any atom is -0.477 e. The van der Waals surface area contributed by atoms with E-state index in [1.54, 1.807) is 17.2 Å². The summed E-state index contributed by atoms with van der Waals surface area (Å²) < 4.78 is 9.43. The molecule has 4 aromatic rings. The van der Waals surface area contributed by atoms with Gasteiger partial charge in [-0.3, -0.25) is 9.36 Å². The molecule has 4 rings (SSSR count). The highest BCUT2D eigenvalue weighted by molar-refractivity contribution is 5.93. The summed E-state index contributed by atoms with van der Waals surface area (Å²) in [7, 11) is 1.86. The summed E-state index contributed by atoms with van der Waals surface area (Å²) >= 11 is 0. The van der Waals surface area contributed by atoms with Crippen molar-refractivity contribution in [1.82, 2.24) is 34.5 Å². The zero-order valence-corrected chi connectivity index (χ0v) is 17.9. The van der Waals surface area contributed by atoms with Crippen molar-refractivity contribution in [2.45, 2.75) is 40.3 Å². The number of aryl methyl sites for hydroxylation is 2. The van der Waals surface area contributed by atoms with Crippen LogP contribution in [0.5, 0.6) is 5.88 Å². The first-order valence-corrected chi connectivity index (χ1v) is 10.0. The average molecular weight is 406 g/mol. The lowest BCUT2D eigenvalue weighted by Gasteiger charge is -2.14. The minimum atomic E-state index is 0.194. The van der Waals surface area contributed by atoms with E-state index in [-0.39, 0.29) is 6.04 Å². The number of hydrogen-bond acceptors (Lipinski definition) is 7. The lowest BCUT2D eigenvalue weighted by atomic mass is 10.1. The van der Waals surface area contributed by atoms with Gasteiger partial charge in [-0.25, -0.2) is 15.0 Å². The van der Waals surface area contributed by atoms with Gasteiger partial charge in [0, 0.05) is 19.3 Å². The molecule has 0 aliphatic carbocycles. The third kappa shape index (κ3) is 3.70. The molecule has 9 nitrogen and oxygen atoms in total. The smallest absolute Gasteiger partial charge is 0.222 e. The molecular formula is C21H26N8O. The van der Waals surface area contributed by atoms with E-state index in [0.717, 1.165) is 33.7 Å². The molecule has 0 saturated carbocycles. The Labute approximate surface area is 175 Å². The zero-order chi connectivity index (χ0) is 21.3. The molecule has 0 unspecified atom stereocenters. The number of rotatable bonds is 7. The fourth-order valence-electron chi connectivity index (χ4n) is 3.40. The van der Waals surface area contributed by atoms with E-state index >= 15 is 0 Å². The summed E-state index contributed by atoms with van der Waals surface area (Å²) in [6, 6.07) is 6.07. The highest BCUT2D eigenvalue weighted by Crippen LogP contribution is 2.34. The Kier molecular flexibility index (Phi) is 5.35. The minimum absolute atomic E-state index is 0.194. The van der Waals surface area contributed by atoms with E-state index in [9.17, 15) is 0 Å². The van der Waals surface area contributed by atoms with Gasteiger partial charge < -0.3 is 10.1 Å². The van der Waals surface area contributed by atoms with Crippen molar-refractivity contribution in [1.29, 1.82) is 0 Å². The second-order valence-corrected chi connectivity index (χ2v) is 7.35. The molecule has 9 heteroatoms. The fraction of sp³-hybridized carbons (Fsp3) is 0.381. The Morgan fingerprint density at radius 2 is 2.03 bits per heavy atom. The average Bonchev–Trinajstić information content (AvgIpc) is 3.30. The summed E-state index contributed by atoms with van der Waals surface area (Å²) in [4.78, 5) is 13.6. The number of fused-ring (bicyclic) bond motifs is 1. The summed E-state index contributed by atoms with van der Waals surface area (Å²) in [5, 5.41) is 12.6. The van der Waals surface area contributed by atoms with E-state index in [4.69, 9.17) is 14.8 Å². The van der Waals surface area contributed by atoms with E-state index in [1.165, 1.54) is 0 Å². The molecule has 0 bridgehead atoms. The van der Waals surface area contributed by atoms with Gasteiger partial charge in [0.1, 0.15) is 17.4 Å². The van der Waals surface area contributed by atoms with Crippen molar-refractivity contribution in [3.05, 3.63) is 42.2 Å². The maximum Gasteiger partial charge on any atom is 0.222 e. The van der Waals surface area contributed by atoms with Gasteiger partial charge in [0.2, 0.25) is 5.88 Å². The first-order valence-electron chi connectivity index (χ1n) is 10.0. The summed E-state index contributed by atoms with van der Waals surface area (Å²) in [6.45, 7) is 9.17. The molecule has 4 aromatic heterocycles. The second-order valence-electron chi connectivity index (χ2n) is 7.35.